The third-order valence-electron chi connectivity index (χ3n) is 11.0. The molecular weight excluding hydrogens is 615 g/mol. The number of fused-ring (bicyclic) bond motifs is 1. The van der Waals surface area contributed by atoms with Crippen LogP contribution in [0.2, 0.25) is 0 Å². The summed E-state index contributed by atoms with van der Waals surface area (Å²) >= 11 is 0. The van der Waals surface area contributed by atoms with Crippen molar-refractivity contribution in [3.8, 4) is 33.4 Å². The Morgan fingerprint density at radius 2 is 1.06 bits per heavy atom. The van der Waals surface area contributed by atoms with Crippen molar-refractivity contribution >= 4 is 27.8 Å². The van der Waals surface area contributed by atoms with Crippen LogP contribution in [0.5, 0.6) is 0 Å². The van der Waals surface area contributed by atoms with Crippen LogP contribution < -0.4 is 4.90 Å². The number of hydrogen-bond acceptors (Lipinski definition) is 1. The smallest absolute Gasteiger partial charge is 0.0462 e. The number of rotatable bonds is 8. The molecule has 0 heterocycles. The zero-order chi connectivity index (χ0) is 34.8. The van der Waals surface area contributed by atoms with E-state index in [0.717, 1.165) is 29.9 Å². The van der Waals surface area contributed by atoms with E-state index in [9.17, 15) is 0 Å². The summed E-state index contributed by atoms with van der Waals surface area (Å²) in [6.07, 6.45) is 4.63. The molecule has 7 aromatic carbocycles. The van der Waals surface area contributed by atoms with E-state index < -0.39 is 0 Å². The summed E-state index contributed by atoms with van der Waals surface area (Å²) in [5.41, 5.74) is 13.8. The maximum atomic E-state index is 4.48. The van der Waals surface area contributed by atoms with Gasteiger partial charge in [-0.15, -0.1) is 0 Å². The Kier molecular flexibility index (Phi) is 8.88. The molecule has 0 spiro atoms. The summed E-state index contributed by atoms with van der Waals surface area (Å²) in [5.74, 6) is 0.695. The Balaban J connectivity index is 1.17. The van der Waals surface area contributed by atoms with Crippen molar-refractivity contribution in [3.63, 3.8) is 0 Å². The van der Waals surface area contributed by atoms with Gasteiger partial charge in [-0.1, -0.05) is 166 Å². The van der Waals surface area contributed by atoms with E-state index in [1.165, 1.54) is 68.1 Å². The second-order valence-electron chi connectivity index (χ2n) is 14.6. The van der Waals surface area contributed by atoms with Gasteiger partial charge in [0.1, 0.15) is 0 Å². The minimum atomic E-state index is 0.0869. The van der Waals surface area contributed by atoms with Gasteiger partial charge in [0.15, 0.2) is 0 Å². The fourth-order valence-corrected chi connectivity index (χ4v) is 8.51. The molecular formula is C50H45N. The zero-order valence-electron chi connectivity index (χ0n) is 29.7. The highest BCUT2D eigenvalue weighted by Crippen LogP contribution is 2.48. The van der Waals surface area contributed by atoms with E-state index in [0.29, 0.717) is 5.92 Å². The van der Waals surface area contributed by atoms with Crippen molar-refractivity contribution in [2.45, 2.75) is 44.9 Å². The van der Waals surface area contributed by atoms with Gasteiger partial charge in [-0.05, 0) is 117 Å². The Morgan fingerprint density at radius 3 is 1.73 bits per heavy atom. The van der Waals surface area contributed by atoms with Crippen LogP contribution in [0, 0.1) is 5.92 Å². The van der Waals surface area contributed by atoms with Gasteiger partial charge in [0, 0.05) is 17.1 Å². The minimum Gasteiger partial charge on any atom is -0.311 e. The molecule has 1 aliphatic rings. The molecule has 0 radical (unpaired) electrons. The van der Waals surface area contributed by atoms with Crippen LogP contribution in [-0.4, -0.2) is 0 Å². The highest BCUT2D eigenvalue weighted by Gasteiger charge is 2.36. The average molecular weight is 660 g/mol. The normalized spacial score (nSPS) is 17.4. The molecule has 7 aromatic rings. The number of nitrogens with zero attached hydrogens (tertiary/aromatic N) is 1. The van der Waals surface area contributed by atoms with E-state index in [1.54, 1.807) is 0 Å². The first-order valence-electron chi connectivity index (χ1n) is 18.4. The van der Waals surface area contributed by atoms with Crippen molar-refractivity contribution in [2.24, 2.45) is 5.92 Å². The quantitative estimate of drug-likeness (QED) is 0.147. The third-order valence-corrected chi connectivity index (χ3v) is 11.0. The van der Waals surface area contributed by atoms with Gasteiger partial charge in [-0.25, -0.2) is 0 Å². The molecule has 8 rings (SSSR count). The maximum absolute atomic E-state index is 4.48. The SMILES string of the molecule is C=C1CC(CC)CC(C)(c2ccccc2-c2ccc(N(c3ccc(-c4ccccc4)cc3)c3ccc(-c4cccc5ccccc45)cc3)cc2)C1. The molecule has 0 saturated heterocycles. The fourth-order valence-electron chi connectivity index (χ4n) is 8.51. The van der Waals surface area contributed by atoms with E-state index in [-0.39, 0.29) is 5.41 Å². The molecule has 1 aliphatic carbocycles. The second-order valence-corrected chi connectivity index (χ2v) is 14.6. The summed E-state index contributed by atoms with van der Waals surface area (Å²) in [5, 5.41) is 2.53. The maximum Gasteiger partial charge on any atom is 0.0462 e. The van der Waals surface area contributed by atoms with Crippen molar-refractivity contribution in [2.75, 3.05) is 4.90 Å². The van der Waals surface area contributed by atoms with Gasteiger partial charge in [-0.2, -0.15) is 0 Å². The Labute approximate surface area is 303 Å². The Morgan fingerprint density at radius 1 is 0.549 bits per heavy atom. The summed E-state index contributed by atoms with van der Waals surface area (Å²) in [4.78, 5) is 2.37. The van der Waals surface area contributed by atoms with E-state index in [2.05, 4.69) is 195 Å². The molecule has 250 valence electrons. The molecule has 1 nitrogen and oxygen atoms in total. The van der Waals surface area contributed by atoms with Crippen LogP contribution in [0.4, 0.5) is 17.1 Å². The number of hydrogen-bond donors (Lipinski definition) is 0. The molecule has 0 amide bonds. The first-order chi connectivity index (χ1) is 25.0. The van der Waals surface area contributed by atoms with Crippen molar-refractivity contribution in [1.29, 1.82) is 0 Å². The predicted molar refractivity (Wildman–Crippen MR) is 219 cm³/mol. The molecule has 0 N–H and O–H groups in total. The molecule has 1 fully saturated rings. The van der Waals surface area contributed by atoms with E-state index >= 15 is 0 Å². The largest absolute Gasteiger partial charge is 0.311 e. The van der Waals surface area contributed by atoms with Gasteiger partial charge >= 0.3 is 0 Å². The fraction of sp³-hybridized carbons (Fsp3) is 0.160. The monoisotopic (exact) mass is 659 g/mol. The van der Waals surface area contributed by atoms with Crippen LogP contribution in [0.1, 0.15) is 45.1 Å². The lowest BCUT2D eigenvalue weighted by Crippen LogP contribution is -2.31. The summed E-state index contributed by atoms with van der Waals surface area (Å²) < 4.78 is 0. The molecule has 1 heteroatoms. The molecule has 2 unspecified atom stereocenters. The number of benzene rings is 7. The lowest BCUT2D eigenvalue weighted by Gasteiger charge is -2.41. The van der Waals surface area contributed by atoms with Crippen LogP contribution in [-0.2, 0) is 5.41 Å². The summed E-state index contributed by atoms with van der Waals surface area (Å²) in [6.45, 7) is 9.26. The third kappa shape index (κ3) is 6.53. The zero-order valence-corrected chi connectivity index (χ0v) is 29.7. The lowest BCUT2D eigenvalue weighted by atomic mass is 9.64. The first kappa shape index (κ1) is 32.5. The standard InChI is InChI=1S/C50H45N/c1-4-37-33-36(2)34-50(3,35-37)49-20-11-10-18-48(49)42-25-31-45(32-26-42)51(43-27-21-39(22-28-43)38-13-6-5-7-14-38)44-29-23-41(24-30-44)47-19-12-16-40-15-8-9-17-46(40)47/h5-32,37H,2,4,33-35H2,1,3H3. The Hall–Kier alpha value is -5.66. The topological polar surface area (TPSA) is 3.24 Å². The average Bonchev–Trinajstić information content (AvgIpc) is 3.18. The first-order valence-corrected chi connectivity index (χ1v) is 18.4. The number of anilines is 3. The van der Waals surface area contributed by atoms with Crippen LogP contribution in [0.15, 0.2) is 182 Å². The van der Waals surface area contributed by atoms with Gasteiger partial charge in [0.25, 0.3) is 0 Å². The number of allylic oxidation sites excluding steroid dienone is 1. The van der Waals surface area contributed by atoms with Gasteiger partial charge < -0.3 is 4.90 Å². The van der Waals surface area contributed by atoms with Crippen LogP contribution >= 0.6 is 0 Å². The van der Waals surface area contributed by atoms with Crippen molar-refractivity contribution < 1.29 is 0 Å². The van der Waals surface area contributed by atoms with Crippen LogP contribution in [0.25, 0.3) is 44.2 Å². The summed E-state index contributed by atoms with van der Waals surface area (Å²) in [7, 11) is 0. The van der Waals surface area contributed by atoms with Crippen molar-refractivity contribution in [1.82, 2.24) is 0 Å². The molecule has 0 bridgehead atoms. The minimum absolute atomic E-state index is 0.0869. The van der Waals surface area contributed by atoms with Gasteiger partial charge in [-0.3, -0.25) is 0 Å². The van der Waals surface area contributed by atoms with Crippen LogP contribution in [0.3, 0.4) is 0 Å². The molecule has 2 atom stereocenters. The highest BCUT2D eigenvalue weighted by molar-refractivity contribution is 5.97. The van der Waals surface area contributed by atoms with Gasteiger partial charge in [0.2, 0.25) is 0 Å². The highest BCUT2D eigenvalue weighted by atomic mass is 15.1. The lowest BCUT2D eigenvalue weighted by molar-refractivity contribution is 0.281. The molecule has 51 heavy (non-hydrogen) atoms. The van der Waals surface area contributed by atoms with Crippen molar-refractivity contribution in [3.05, 3.63) is 188 Å². The van der Waals surface area contributed by atoms with E-state index in [1.807, 2.05) is 0 Å². The second kappa shape index (κ2) is 13.9. The van der Waals surface area contributed by atoms with Gasteiger partial charge in [0.05, 0.1) is 0 Å². The predicted octanol–water partition coefficient (Wildman–Crippen LogP) is 14.3. The van der Waals surface area contributed by atoms with E-state index in [4.69, 9.17) is 0 Å². The molecule has 0 aliphatic heterocycles. The molecule has 0 aromatic heterocycles. The molecule has 1 saturated carbocycles. The Bertz CT molecular complexity index is 2280. The summed E-state index contributed by atoms with van der Waals surface area (Å²) in [6, 6.07) is 62.0.